The smallest absolute Gasteiger partial charge is 0.323 e. The van der Waals surface area contributed by atoms with Gasteiger partial charge in [-0.25, -0.2) is 4.79 Å². The lowest BCUT2D eigenvalue weighted by Gasteiger charge is -2.21. The molecule has 108 valence electrons. The van der Waals surface area contributed by atoms with Crippen molar-refractivity contribution in [2.45, 2.75) is 26.8 Å². The van der Waals surface area contributed by atoms with Gasteiger partial charge in [0.1, 0.15) is 18.1 Å². The highest BCUT2D eigenvalue weighted by molar-refractivity contribution is 5.80. The highest BCUT2D eigenvalue weighted by Gasteiger charge is 2.20. The van der Waals surface area contributed by atoms with Crippen molar-refractivity contribution in [2.24, 2.45) is 0 Å². The quantitative estimate of drug-likeness (QED) is 0.803. The molecular weight excluding hydrogens is 260 g/mol. The summed E-state index contributed by atoms with van der Waals surface area (Å²) in [6.45, 7) is 4.92. The summed E-state index contributed by atoms with van der Waals surface area (Å²) in [5.41, 5.74) is 0.854. The average Bonchev–Trinajstić information content (AvgIpc) is 2.67. The second-order valence-electron chi connectivity index (χ2n) is 4.49. The van der Waals surface area contributed by atoms with Gasteiger partial charge < -0.3 is 19.7 Å². The van der Waals surface area contributed by atoms with E-state index >= 15 is 0 Å². The number of rotatable bonds is 5. The SMILES string of the molecule is C#CCN(CC(=O)O)C(=O)NC(C)c1cc(C)oc1C. The number of nitrogens with one attached hydrogen (secondary N) is 1. The Labute approximate surface area is 117 Å². The number of carbonyl (C=O) groups is 2. The largest absolute Gasteiger partial charge is 0.480 e. The van der Waals surface area contributed by atoms with Crippen molar-refractivity contribution in [2.75, 3.05) is 13.1 Å². The van der Waals surface area contributed by atoms with Crippen LogP contribution in [0.15, 0.2) is 10.5 Å². The van der Waals surface area contributed by atoms with Gasteiger partial charge in [-0.05, 0) is 26.8 Å². The van der Waals surface area contributed by atoms with E-state index in [9.17, 15) is 9.59 Å². The van der Waals surface area contributed by atoms with E-state index in [1.807, 2.05) is 13.0 Å². The van der Waals surface area contributed by atoms with E-state index in [0.29, 0.717) is 0 Å². The number of hydrogen-bond acceptors (Lipinski definition) is 3. The third-order valence-corrected chi connectivity index (χ3v) is 2.78. The fourth-order valence-corrected chi connectivity index (χ4v) is 1.91. The van der Waals surface area contributed by atoms with Crippen LogP contribution < -0.4 is 5.32 Å². The van der Waals surface area contributed by atoms with E-state index < -0.39 is 18.5 Å². The van der Waals surface area contributed by atoms with Gasteiger partial charge in [0.15, 0.2) is 0 Å². The molecule has 1 aromatic heterocycles. The maximum absolute atomic E-state index is 12.0. The molecule has 6 nitrogen and oxygen atoms in total. The molecular formula is C14H18N2O4. The first-order valence-corrected chi connectivity index (χ1v) is 6.12. The third-order valence-electron chi connectivity index (χ3n) is 2.78. The van der Waals surface area contributed by atoms with E-state index in [1.54, 1.807) is 13.8 Å². The summed E-state index contributed by atoms with van der Waals surface area (Å²) in [5.74, 6) is 2.63. The summed E-state index contributed by atoms with van der Waals surface area (Å²) < 4.78 is 5.40. The maximum Gasteiger partial charge on any atom is 0.323 e. The minimum Gasteiger partial charge on any atom is -0.480 e. The molecule has 0 saturated heterocycles. The number of nitrogens with zero attached hydrogens (tertiary/aromatic N) is 1. The summed E-state index contributed by atoms with van der Waals surface area (Å²) in [7, 11) is 0. The Morgan fingerprint density at radius 1 is 1.55 bits per heavy atom. The van der Waals surface area contributed by atoms with E-state index in [2.05, 4.69) is 11.2 Å². The number of aryl methyl sites for hydroxylation is 2. The average molecular weight is 278 g/mol. The molecule has 6 heteroatoms. The lowest BCUT2D eigenvalue weighted by molar-refractivity contribution is -0.137. The van der Waals surface area contributed by atoms with Crippen LogP contribution in [0.2, 0.25) is 0 Å². The van der Waals surface area contributed by atoms with E-state index in [-0.39, 0.29) is 12.6 Å². The number of hydrogen-bond donors (Lipinski definition) is 2. The molecule has 0 fully saturated rings. The minimum absolute atomic E-state index is 0.0613. The van der Waals surface area contributed by atoms with Crippen molar-refractivity contribution in [1.29, 1.82) is 0 Å². The van der Waals surface area contributed by atoms with Crippen LogP contribution >= 0.6 is 0 Å². The summed E-state index contributed by atoms with van der Waals surface area (Å²) in [4.78, 5) is 23.7. The van der Waals surface area contributed by atoms with Crippen LogP contribution in [0.25, 0.3) is 0 Å². The standard InChI is InChI=1S/C14H18N2O4/c1-5-6-16(8-13(17)18)14(19)15-10(3)12-7-9(2)20-11(12)4/h1,7,10H,6,8H2,2-4H3,(H,15,19)(H,17,18). The Bertz CT molecular complexity index is 542. The number of amides is 2. The Kier molecular flexibility index (Phi) is 5.21. The molecule has 0 aliphatic rings. The van der Waals surface area contributed by atoms with Crippen LogP contribution in [0.3, 0.4) is 0 Å². The topological polar surface area (TPSA) is 82.8 Å². The molecule has 0 aromatic carbocycles. The number of terminal acetylenes is 1. The van der Waals surface area contributed by atoms with Crippen LogP contribution in [-0.4, -0.2) is 35.1 Å². The highest BCUT2D eigenvalue weighted by atomic mass is 16.4. The summed E-state index contributed by atoms with van der Waals surface area (Å²) in [6, 6.07) is 1.02. The molecule has 1 atom stereocenters. The number of urea groups is 1. The first kappa shape index (κ1) is 15.6. The van der Waals surface area contributed by atoms with Crippen molar-refractivity contribution < 1.29 is 19.1 Å². The molecule has 0 radical (unpaired) electrons. The molecule has 0 bridgehead atoms. The van der Waals surface area contributed by atoms with Crippen molar-refractivity contribution in [3.63, 3.8) is 0 Å². The zero-order valence-electron chi connectivity index (χ0n) is 11.8. The number of carbonyl (C=O) groups excluding carboxylic acids is 1. The Hall–Kier alpha value is -2.42. The van der Waals surface area contributed by atoms with Crippen molar-refractivity contribution >= 4 is 12.0 Å². The van der Waals surface area contributed by atoms with Gasteiger partial charge in [0, 0.05) is 5.56 Å². The number of aliphatic carboxylic acids is 1. The monoisotopic (exact) mass is 278 g/mol. The van der Waals surface area contributed by atoms with Gasteiger partial charge >= 0.3 is 12.0 Å². The van der Waals surface area contributed by atoms with Crippen LogP contribution in [0.4, 0.5) is 4.79 Å². The van der Waals surface area contributed by atoms with Gasteiger partial charge in [-0.15, -0.1) is 6.42 Å². The van der Waals surface area contributed by atoms with Gasteiger partial charge in [-0.2, -0.15) is 0 Å². The normalized spacial score (nSPS) is 11.5. The molecule has 1 rings (SSSR count). The lowest BCUT2D eigenvalue weighted by atomic mass is 10.1. The number of carboxylic acids is 1. The molecule has 1 unspecified atom stereocenters. The molecule has 0 aliphatic heterocycles. The third kappa shape index (κ3) is 4.05. The maximum atomic E-state index is 12.0. The molecule has 20 heavy (non-hydrogen) atoms. The second-order valence-corrected chi connectivity index (χ2v) is 4.49. The number of furan rings is 1. The van der Waals surface area contributed by atoms with Gasteiger partial charge in [-0.3, -0.25) is 4.79 Å². The first-order valence-electron chi connectivity index (χ1n) is 6.12. The summed E-state index contributed by atoms with van der Waals surface area (Å²) in [5, 5.41) is 11.5. The molecule has 0 saturated carbocycles. The van der Waals surface area contributed by atoms with Crippen molar-refractivity contribution in [3.05, 3.63) is 23.2 Å². The molecule has 0 aliphatic carbocycles. The van der Waals surface area contributed by atoms with Crippen LogP contribution in [0.5, 0.6) is 0 Å². The zero-order chi connectivity index (χ0) is 15.3. The molecule has 1 heterocycles. The fourth-order valence-electron chi connectivity index (χ4n) is 1.91. The second kappa shape index (κ2) is 6.66. The summed E-state index contributed by atoms with van der Waals surface area (Å²) >= 11 is 0. The molecule has 0 spiro atoms. The van der Waals surface area contributed by atoms with E-state index in [1.165, 1.54) is 0 Å². The van der Waals surface area contributed by atoms with Crippen LogP contribution in [-0.2, 0) is 4.79 Å². The predicted octanol–water partition coefficient (Wildman–Crippen LogP) is 1.69. The first-order chi connectivity index (χ1) is 9.35. The van der Waals surface area contributed by atoms with E-state index in [4.69, 9.17) is 15.9 Å². The summed E-state index contributed by atoms with van der Waals surface area (Å²) in [6.07, 6.45) is 5.13. The molecule has 1 aromatic rings. The minimum atomic E-state index is -1.11. The Balaban J connectivity index is 2.75. The van der Waals surface area contributed by atoms with E-state index in [0.717, 1.165) is 22.0 Å². The van der Waals surface area contributed by atoms with Gasteiger partial charge in [0.25, 0.3) is 0 Å². The van der Waals surface area contributed by atoms with Crippen molar-refractivity contribution in [1.82, 2.24) is 10.2 Å². The van der Waals surface area contributed by atoms with Gasteiger partial charge in [0.05, 0.1) is 12.6 Å². The van der Waals surface area contributed by atoms with Gasteiger partial charge in [0.2, 0.25) is 0 Å². The van der Waals surface area contributed by atoms with Gasteiger partial charge in [-0.1, -0.05) is 5.92 Å². The lowest BCUT2D eigenvalue weighted by Crippen LogP contribution is -2.43. The molecule has 2 amide bonds. The fraction of sp³-hybridized carbons (Fsp3) is 0.429. The number of carboxylic acid groups (broad SMARTS) is 1. The predicted molar refractivity (Wildman–Crippen MR) is 73.2 cm³/mol. The highest BCUT2D eigenvalue weighted by Crippen LogP contribution is 2.21. The zero-order valence-corrected chi connectivity index (χ0v) is 11.8. The van der Waals surface area contributed by atoms with Crippen LogP contribution in [0.1, 0.15) is 30.0 Å². The Morgan fingerprint density at radius 3 is 2.65 bits per heavy atom. The molecule has 2 N–H and O–H groups in total. The van der Waals surface area contributed by atoms with Crippen LogP contribution in [0, 0.1) is 26.2 Å². The van der Waals surface area contributed by atoms with Crippen molar-refractivity contribution in [3.8, 4) is 12.3 Å². The Morgan fingerprint density at radius 2 is 2.20 bits per heavy atom.